The molecule has 0 heterocycles. The van der Waals surface area contributed by atoms with Gasteiger partial charge in [0.15, 0.2) is 0 Å². The highest BCUT2D eigenvalue weighted by molar-refractivity contribution is 6.07. The van der Waals surface area contributed by atoms with Crippen molar-refractivity contribution in [1.29, 1.82) is 0 Å². The molecule has 0 aromatic heterocycles. The van der Waals surface area contributed by atoms with E-state index in [9.17, 15) is 9.59 Å². The average Bonchev–Trinajstić information content (AvgIpc) is 2.72. The monoisotopic (exact) mass is 391 g/mol. The molecular weight excluding hydrogens is 370 g/mol. The van der Waals surface area contributed by atoms with E-state index in [1.165, 1.54) is 0 Å². The van der Waals surface area contributed by atoms with Gasteiger partial charge < -0.3 is 20.5 Å². The number of nitrogens with zero attached hydrogens (tertiary/aromatic N) is 1. The molecule has 3 N–H and O–H groups in total. The average molecular weight is 391 g/mol. The second-order valence-corrected chi connectivity index (χ2v) is 6.00. The van der Waals surface area contributed by atoms with E-state index in [2.05, 4.69) is 5.32 Å². The van der Waals surface area contributed by atoms with Crippen LogP contribution in [0.4, 0.5) is 32.3 Å². The van der Waals surface area contributed by atoms with Crippen LogP contribution >= 0.6 is 0 Å². The first-order chi connectivity index (χ1) is 14.1. The molecule has 7 heteroatoms. The third-order valence-electron chi connectivity index (χ3n) is 3.94. The van der Waals surface area contributed by atoms with Crippen LogP contribution in [0.5, 0.6) is 5.75 Å². The van der Waals surface area contributed by atoms with Crippen LogP contribution in [0.15, 0.2) is 78.9 Å². The summed E-state index contributed by atoms with van der Waals surface area (Å²) >= 11 is 0. The highest BCUT2D eigenvalue weighted by Gasteiger charge is 2.18. The number of carbonyl (C=O) groups excluding carboxylic acids is 2. The lowest BCUT2D eigenvalue weighted by atomic mass is 10.2. The number of anilines is 4. The largest absolute Gasteiger partial charge is 0.513 e. The van der Waals surface area contributed by atoms with Gasteiger partial charge in [0.2, 0.25) is 0 Å². The number of amides is 2. The molecule has 0 aliphatic heterocycles. The van der Waals surface area contributed by atoms with Crippen molar-refractivity contribution in [2.24, 2.45) is 0 Å². The Balaban J connectivity index is 1.78. The van der Waals surface area contributed by atoms with E-state index in [0.717, 1.165) is 0 Å². The summed E-state index contributed by atoms with van der Waals surface area (Å²) in [6, 6.07) is 22.4. The Labute approximate surface area is 168 Å². The molecule has 148 valence electrons. The van der Waals surface area contributed by atoms with E-state index < -0.39 is 6.16 Å². The van der Waals surface area contributed by atoms with Crippen molar-refractivity contribution < 1.29 is 19.1 Å². The first-order valence-electron chi connectivity index (χ1n) is 9.03. The van der Waals surface area contributed by atoms with Crippen LogP contribution in [0.2, 0.25) is 0 Å². The van der Waals surface area contributed by atoms with E-state index in [4.69, 9.17) is 15.2 Å². The van der Waals surface area contributed by atoms with Crippen molar-refractivity contribution in [3.8, 4) is 5.75 Å². The second-order valence-electron chi connectivity index (χ2n) is 6.00. The molecule has 3 aromatic rings. The number of nitrogens with two attached hydrogens (primary N) is 1. The molecule has 0 aliphatic rings. The van der Waals surface area contributed by atoms with Gasteiger partial charge in [0, 0.05) is 11.4 Å². The first kappa shape index (κ1) is 19.8. The number of nitrogen functional groups attached to an aromatic ring is 1. The lowest BCUT2D eigenvalue weighted by Gasteiger charge is -2.23. The van der Waals surface area contributed by atoms with Gasteiger partial charge in [-0.1, -0.05) is 18.2 Å². The molecule has 29 heavy (non-hydrogen) atoms. The van der Waals surface area contributed by atoms with Crippen molar-refractivity contribution in [2.75, 3.05) is 22.6 Å². The molecule has 0 fully saturated rings. The lowest BCUT2D eigenvalue weighted by Crippen LogP contribution is -2.30. The smallest absolute Gasteiger partial charge is 0.434 e. The number of benzene rings is 3. The van der Waals surface area contributed by atoms with E-state index in [-0.39, 0.29) is 12.6 Å². The first-order valence-corrected chi connectivity index (χ1v) is 9.03. The van der Waals surface area contributed by atoms with Gasteiger partial charge >= 0.3 is 12.2 Å². The molecule has 0 saturated heterocycles. The summed E-state index contributed by atoms with van der Waals surface area (Å²) in [6.45, 7) is 1.92. The summed E-state index contributed by atoms with van der Waals surface area (Å²) in [4.78, 5) is 25.9. The number of ether oxygens (including phenoxy) is 2. The van der Waals surface area contributed by atoms with Gasteiger partial charge in [0.05, 0.1) is 18.0 Å². The van der Waals surface area contributed by atoms with Crippen molar-refractivity contribution in [3.63, 3.8) is 0 Å². The fourth-order valence-corrected chi connectivity index (χ4v) is 2.61. The fourth-order valence-electron chi connectivity index (χ4n) is 2.61. The Morgan fingerprint density at radius 2 is 1.52 bits per heavy atom. The molecule has 0 aliphatic carbocycles. The van der Waals surface area contributed by atoms with Crippen LogP contribution in [0.1, 0.15) is 6.92 Å². The van der Waals surface area contributed by atoms with Gasteiger partial charge in [-0.25, -0.2) is 9.59 Å². The molecule has 0 spiro atoms. The van der Waals surface area contributed by atoms with E-state index in [1.54, 1.807) is 60.4 Å². The number of nitrogens with one attached hydrogen (secondary N) is 1. The van der Waals surface area contributed by atoms with Crippen LogP contribution in [0.25, 0.3) is 0 Å². The third kappa shape index (κ3) is 5.26. The molecular formula is C22H21N3O4. The number of para-hydroxylation sites is 1. The maximum Gasteiger partial charge on any atom is 0.513 e. The zero-order valence-electron chi connectivity index (χ0n) is 15.9. The van der Waals surface area contributed by atoms with Crippen LogP contribution in [-0.2, 0) is 4.74 Å². The predicted molar refractivity (Wildman–Crippen MR) is 113 cm³/mol. The summed E-state index contributed by atoms with van der Waals surface area (Å²) in [5, 5.41) is 2.84. The lowest BCUT2D eigenvalue weighted by molar-refractivity contribution is 0.104. The SMILES string of the molecule is CCOC(=O)Oc1ccc(NC(=O)N(c2ccccc2)c2ccc(N)cc2)cc1. The molecule has 3 rings (SSSR count). The Morgan fingerprint density at radius 1 is 0.897 bits per heavy atom. The van der Waals surface area contributed by atoms with Crippen molar-refractivity contribution in [1.82, 2.24) is 0 Å². The van der Waals surface area contributed by atoms with E-state index >= 15 is 0 Å². The van der Waals surface area contributed by atoms with Gasteiger partial charge in [0.1, 0.15) is 5.75 Å². The normalized spacial score (nSPS) is 10.1. The Morgan fingerprint density at radius 3 is 2.14 bits per heavy atom. The second kappa shape index (κ2) is 9.27. The molecule has 0 unspecified atom stereocenters. The van der Waals surface area contributed by atoms with Crippen LogP contribution in [0, 0.1) is 0 Å². The van der Waals surface area contributed by atoms with Crippen molar-refractivity contribution in [3.05, 3.63) is 78.9 Å². The van der Waals surface area contributed by atoms with Crippen LogP contribution in [-0.4, -0.2) is 18.8 Å². The minimum Gasteiger partial charge on any atom is -0.434 e. The minimum absolute atomic E-state index is 0.230. The Bertz CT molecular complexity index is 958. The van der Waals surface area contributed by atoms with Gasteiger partial charge in [-0.05, 0) is 67.6 Å². The standard InChI is InChI=1S/C22H21N3O4/c1-2-28-22(27)29-20-14-10-17(11-15-20)24-21(26)25(18-6-4-3-5-7-18)19-12-8-16(23)9-13-19/h3-15H,2,23H2,1H3,(H,24,26). The number of urea groups is 1. The summed E-state index contributed by atoms with van der Waals surface area (Å²) in [5.41, 5.74) is 8.30. The van der Waals surface area contributed by atoms with Crippen molar-refractivity contribution in [2.45, 2.75) is 6.92 Å². The quantitative estimate of drug-likeness (QED) is 0.355. The third-order valence-corrected chi connectivity index (χ3v) is 3.94. The maximum atomic E-state index is 13.0. The topological polar surface area (TPSA) is 93.9 Å². The number of carbonyl (C=O) groups is 2. The molecule has 0 radical (unpaired) electrons. The van der Waals surface area contributed by atoms with E-state index in [1.807, 2.05) is 30.3 Å². The molecule has 2 amide bonds. The van der Waals surface area contributed by atoms with Crippen molar-refractivity contribution >= 4 is 34.9 Å². The fraction of sp³-hybridized carbons (Fsp3) is 0.0909. The van der Waals surface area contributed by atoms with Gasteiger partial charge in [-0.2, -0.15) is 0 Å². The van der Waals surface area contributed by atoms with E-state index in [0.29, 0.717) is 28.5 Å². The number of rotatable bonds is 5. The molecule has 7 nitrogen and oxygen atoms in total. The zero-order chi connectivity index (χ0) is 20.6. The molecule has 0 atom stereocenters. The number of hydrogen-bond donors (Lipinski definition) is 2. The van der Waals surface area contributed by atoms with Crippen LogP contribution < -0.4 is 20.7 Å². The number of hydrogen-bond acceptors (Lipinski definition) is 5. The van der Waals surface area contributed by atoms with Gasteiger partial charge in [0.25, 0.3) is 0 Å². The zero-order valence-corrected chi connectivity index (χ0v) is 15.9. The highest BCUT2D eigenvalue weighted by atomic mass is 16.7. The van der Waals surface area contributed by atoms with Gasteiger partial charge in [-0.3, -0.25) is 4.90 Å². The maximum absolute atomic E-state index is 13.0. The Hall–Kier alpha value is -4.00. The van der Waals surface area contributed by atoms with Gasteiger partial charge in [-0.15, -0.1) is 0 Å². The molecule has 0 bridgehead atoms. The summed E-state index contributed by atoms with van der Waals surface area (Å²) < 4.78 is 9.75. The molecule has 3 aromatic carbocycles. The molecule has 0 saturated carbocycles. The van der Waals surface area contributed by atoms with Crippen LogP contribution in [0.3, 0.4) is 0 Å². The summed E-state index contributed by atoms with van der Waals surface area (Å²) in [5.74, 6) is 0.319. The summed E-state index contributed by atoms with van der Waals surface area (Å²) in [6.07, 6.45) is -0.775. The minimum atomic E-state index is -0.775. The Kier molecular flexibility index (Phi) is 6.32. The summed E-state index contributed by atoms with van der Waals surface area (Å²) in [7, 11) is 0. The highest BCUT2D eigenvalue weighted by Crippen LogP contribution is 2.27. The predicted octanol–water partition coefficient (Wildman–Crippen LogP) is 5.17.